The molecule has 2 N–H and O–H groups in total. The highest BCUT2D eigenvalue weighted by atomic mass is 35.5. The van der Waals surface area contributed by atoms with Crippen LogP contribution in [-0.4, -0.2) is 16.0 Å². The van der Waals surface area contributed by atoms with Gasteiger partial charge in [-0.2, -0.15) is 0 Å². The Hall–Kier alpha value is -0.970. The molecule has 0 amide bonds. The van der Waals surface area contributed by atoms with Gasteiger partial charge in [-0.15, -0.1) is 11.8 Å². The van der Waals surface area contributed by atoms with Crippen molar-refractivity contribution in [2.24, 2.45) is 0 Å². The van der Waals surface area contributed by atoms with Gasteiger partial charge in [-0.05, 0) is 18.2 Å². The normalized spacial score (nSPS) is 11.2. The van der Waals surface area contributed by atoms with Crippen LogP contribution in [-0.2, 0) is 12.3 Å². The van der Waals surface area contributed by atoms with Crippen molar-refractivity contribution in [3.63, 3.8) is 0 Å². The smallest absolute Gasteiger partial charge is 0.116 e. The van der Waals surface area contributed by atoms with Gasteiger partial charge >= 0.3 is 0 Å². The minimum atomic E-state index is 0.479. The summed E-state index contributed by atoms with van der Waals surface area (Å²) in [7, 11) is 0. The van der Waals surface area contributed by atoms with E-state index < -0.39 is 0 Å². The molecule has 19 heavy (non-hydrogen) atoms. The molecular formula is C14H18ClN3S. The van der Waals surface area contributed by atoms with Crippen LogP contribution in [0.25, 0.3) is 0 Å². The maximum atomic E-state index is 5.96. The fraction of sp³-hybridized carbons (Fsp3) is 0.357. The Morgan fingerprint density at radius 2 is 2.26 bits per heavy atom. The number of hydrogen-bond donors (Lipinski definition) is 2. The monoisotopic (exact) mass is 295 g/mol. The molecule has 0 fully saturated rings. The predicted molar refractivity (Wildman–Crippen MR) is 81.6 cm³/mol. The zero-order chi connectivity index (χ0) is 13.7. The van der Waals surface area contributed by atoms with E-state index in [1.807, 2.05) is 24.4 Å². The lowest BCUT2D eigenvalue weighted by atomic mass is 10.4. The van der Waals surface area contributed by atoms with Crippen LogP contribution in [0.5, 0.6) is 0 Å². The Morgan fingerprint density at radius 3 is 3.00 bits per heavy atom. The first-order valence-electron chi connectivity index (χ1n) is 6.28. The van der Waals surface area contributed by atoms with E-state index in [9.17, 15) is 0 Å². The number of rotatable bonds is 6. The molecule has 102 valence electrons. The molecule has 0 saturated carbocycles. The fourth-order valence-corrected chi connectivity index (χ4v) is 2.68. The Morgan fingerprint density at radius 1 is 1.42 bits per heavy atom. The van der Waals surface area contributed by atoms with Crippen LogP contribution >= 0.6 is 23.4 Å². The molecule has 0 atom stereocenters. The van der Waals surface area contributed by atoms with Crippen LogP contribution in [0, 0.1) is 0 Å². The Balaban J connectivity index is 1.86. The molecule has 0 unspecified atom stereocenters. The largest absolute Gasteiger partial charge is 0.344 e. The highest BCUT2D eigenvalue weighted by Crippen LogP contribution is 2.24. The number of hydrogen-bond acceptors (Lipinski definition) is 3. The lowest BCUT2D eigenvalue weighted by molar-refractivity contribution is 0.582. The van der Waals surface area contributed by atoms with Gasteiger partial charge in [0, 0.05) is 34.4 Å². The van der Waals surface area contributed by atoms with Gasteiger partial charge in [0.1, 0.15) is 5.82 Å². The van der Waals surface area contributed by atoms with Gasteiger partial charge in [0.15, 0.2) is 0 Å². The van der Waals surface area contributed by atoms with Crippen molar-refractivity contribution < 1.29 is 0 Å². The summed E-state index contributed by atoms with van der Waals surface area (Å²) in [5.74, 6) is 1.81. The van der Waals surface area contributed by atoms with E-state index in [1.165, 1.54) is 0 Å². The molecule has 1 heterocycles. The Kier molecular flexibility index (Phi) is 5.31. The fourth-order valence-electron chi connectivity index (χ4n) is 1.59. The minimum Gasteiger partial charge on any atom is -0.344 e. The van der Waals surface area contributed by atoms with E-state index in [-0.39, 0.29) is 0 Å². The van der Waals surface area contributed by atoms with Crippen LogP contribution in [0.3, 0.4) is 0 Å². The zero-order valence-electron chi connectivity index (χ0n) is 11.1. The average molecular weight is 296 g/mol. The van der Waals surface area contributed by atoms with E-state index in [2.05, 4.69) is 35.2 Å². The quantitative estimate of drug-likeness (QED) is 0.795. The second-order valence-electron chi connectivity index (χ2n) is 4.64. The van der Waals surface area contributed by atoms with Crippen LogP contribution in [0.2, 0.25) is 5.02 Å². The first-order valence-corrected chi connectivity index (χ1v) is 7.64. The third kappa shape index (κ3) is 4.90. The molecule has 5 heteroatoms. The maximum Gasteiger partial charge on any atom is 0.116 e. The SMILES string of the molecule is CC(C)NCc1cnc(CSc2cccc(Cl)c2)[nH]1. The molecule has 2 aromatic rings. The number of imidazole rings is 1. The van der Waals surface area contributed by atoms with E-state index in [0.29, 0.717) is 6.04 Å². The number of nitrogens with one attached hydrogen (secondary N) is 2. The maximum absolute atomic E-state index is 5.96. The average Bonchev–Trinajstić information content (AvgIpc) is 2.82. The molecule has 1 aromatic carbocycles. The van der Waals surface area contributed by atoms with Crippen molar-refractivity contribution in [2.75, 3.05) is 0 Å². The van der Waals surface area contributed by atoms with Gasteiger partial charge in [0.2, 0.25) is 0 Å². The van der Waals surface area contributed by atoms with Crippen molar-refractivity contribution in [1.29, 1.82) is 0 Å². The molecule has 0 spiro atoms. The van der Waals surface area contributed by atoms with E-state index in [4.69, 9.17) is 11.6 Å². The van der Waals surface area contributed by atoms with Crippen molar-refractivity contribution in [2.45, 2.75) is 37.1 Å². The Bertz CT molecular complexity index is 525. The van der Waals surface area contributed by atoms with E-state index >= 15 is 0 Å². The second-order valence-corrected chi connectivity index (χ2v) is 6.12. The summed E-state index contributed by atoms with van der Waals surface area (Å²) in [4.78, 5) is 8.87. The van der Waals surface area contributed by atoms with E-state index in [1.54, 1.807) is 11.8 Å². The van der Waals surface area contributed by atoms with Crippen LogP contribution in [0.1, 0.15) is 25.4 Å². The predicted octanol–water partition coefficient (Wildman–Crippen LogP) is 3.85. The summed E-state index contributed by atoms with van der Waals surface area (Å²) >= 11 is 7.68. The van der Waals surface area contributed by atoms with Gasteiger partial charge in [0.25, 0.3) is 0 Å². The van der Waals surface area contributed by atoms with Crippen molar-refractivity contribution >= 4 is 23.4 Å². The van der Waals surface area contributed by atoms with E-state index in [0.717, 1.165) is 33.7 Å². The number of benzene rings is 1. The van der Waals surface area contributed by atoms with Crippen molar-refractivity contribution in [3.8, 4) is 0 Å². The highest BCUT2D eigenvalue weighted by molar-refractivity contribution is 7.98. The summed E-state index contributed by atoms with van der Waals surface area (Å²) < 4.78 is 0. The molecule has 0 saturated heterocycles. The van der Waals surface area contributed by atoms with Gasteiger partial charge in [0.05, 0.1) is 5.75 Å². The standard InChI is InChI=1S/C14H18ClN3S/c1-10(2)16-7-12-8-17-14(18-12)9-19-13-5-3-4-11(15)6-13/h3-6,8,10,16H,7,9H2,1-2H3,(H,17,18). The van der Waals surface area contributed by atoms with Crippen LogP contribution in [0.15, 0.2) is 35.4 Å². The van der Waals surface area contributed by atoms with Crippen LogP contribution in [0.4, 0.5) is 0 Å². The summed E-state index contributed by atoms with van der Waals surface area (Å²) in [5.41, 5.74) is 1.12. The number of aromatic nitrogens is 2. The molecule has 0 aliphatic carbocycles. The zero-order valence-corrected chi connectivity index (χ0v) is 12.7. The summed E-state index contributed by atoms with van der Waals surface area (Å²) in [6.07, 6.45) is 1.89. The number of aromatic amines is 1. The van der Waals surface area contributed by atoms with Crippen molar-refractivity contribution in [1.82, 2.24) is 15.3 Å². The summed E-state index contributed by atoms with van der Waals surface area (Å²) in [6, 6.07) is 8.35. The van der Waals surface area contributed by atoms with Crippen molar-refractivity contribution in [3.05, 3.63) is 47.0 Å². The first kappa shape index (κ1) is 14.4. The number of thioether (sulfide) groups is 1. The molecular weight excluding hydrogens is 278 g/mol. The molecule has 0 radical (unpaired) electrons. The minimum absolute atomic E-state index is 0.479. The second kappa shape index (κ2) is 6.98. The summed E-state index contributed by atoms with van der Waals surface area (Å²) in [5, 5.41) is 4.13. The molecule has 0 bridgehead atoms. The first-order chi connectivity index (χ1) is 9.13. The van der Waals surface area contributed by atoms with Gasteiger partial charge in [-0.25, -0.2) is 4.98 Å². The summed E-state index contributed by atoms with van der Waals surface area (Å²) in [6.45, 7) is 5.09. The highest BCUT2D eigenvalue weighted by Gasteiger charge is 2.03. The number of H-pyrrole nitrogens is 1. The van der Waals surface area contributed by atoms with Gasteiger partial charge in [-0.1, -0.05) is 31.5 Å². The molecule has 1 aromatic heterocycles. The van der Waals surface area contributed by atoms with Crippen LogP contribution < -0.4 is 5.32 Å². The van der Waals surface area contributed by atoms with Gasteiger partial charge < -0.3 is 10.3 Å². The third-order valence-electron chi connectivity index (χ3n) is 2.55. The topological polar surface area (TPSA) is 40.7 Å². The van der Waals surface area contributed by atoms with Gasteiger partial charge in [-0.3, -0.25) is 0 Å². The lowest BCUT2D eigenvalue weighted by Gasteiger charge is -2.05. The number of nitrogens with zero attached hydrogens (tertiary/aromatic N) is 1. The molecule has 0 aliphatic heterocycles. The number of halogens is 1. The lowest BCUT2D eigenvalue weighted by Crippen LogP contribution is -2.21. The third-order valence-corrected chi connectivity index (χ3v) is 3.79. The molecule has 0 aliphatic rings. The Labute approximate surface area is 123 Å². The molecule has 2 rings (SSSR count). The molecule has 3 nitrogen and oxygen atoms in total.